The van der Waals surface area contributed by atoms with Crippen LogP contribution in [0.5, 0.6) is 0 Å². The van der Waals surface area contributed by atoms with Crippen LogP contribution in [0.15, 0.2) is 18.2 Å². The summed E-state index contributed by atoms with van der Waals surface area (Å²) in [6.45, 7) is 5.20. The quantitative estimate of drug-likeness (QED) is 0.786. The maximum atomic E-state index is 6.04. The van der Waals surface area contributed by atoms with Crippen LogP contribution in [-0.2, 0) is 0 Å². The number of hydrogen-bond acceptors (Lipinski definition) is 1. The summed E-state index contributed by atoms with van der Waals surface area (Å²) in [7, 11) is 1.96. The summed E-state index contributed by atoms with van der Waals surface area (Å²) in [5.74, 6) is 0.517. The summed E-state index contributed by atoms with van der Waals surface area (Å²) in [5.41, 5.74) is 2.44. The molecule has 0 aliphatic heterocycles. The third-order valence-corrected chi connectivity index (χ3v) is 2.68. The fourth-order valence-electron chi connectivity index (χ4n) is 1.34. The Bertz CT molecular complexity index is 283. The molecule has 0 radical (unpaired) electrons. The van der Waals surface area contributed by atoms with E-state index in [0.29, 0.717) is 5.92 Å². The number of rotatable bonds is 3. The molecule has 1 rings (SSSR count). The van der Waals surface area contributed by atoms with Crippen molar-refractivity contribution in [3.8, 4) is 0 Å². The van der Waals surface area contributed by atoms with Gasteiger partial charge in [-0.3, -0.25) is 0 Å². The normalized spacial score (nSPS) is 12.9. The van der Waals surface area contributed by atoms with E-state index < -0.39 is 0 Å². The van der Waals surface area contributed by atoms with Crippen molar-refractivity contribution in [2.24, 2.45) is 0 Å². The molecule has 72 valence electrons. The average molecular weight is 198 g/mol. The minimum Gasteiger partial charge on any atom is -0.319 e. The van der Waals surface area contributed by atoms with E-state index in [1.165, 1.54) is 5.56 Å². The van der Waals surface area contributed by atoms with E-state index in [9.17, 15) is 0 Å². The van der Waals surface area contributed by atoms with Gasteiger partial charge in [-0.05, 0) is 37.1 Å². The minimum atomic E-state index is 0.517. The van der Waals surface area contributed by atoms with E-state index in [1.807, 2.05) is 14.0 Å². The summed E-state index contributed by atoms with van der Waals surface area (Å²) in [6, 6.07) is 6.27. The molecule has 0 aliphatic rings. The maximum absolute atomic E-state index is 6.04. The van der Waals surface area contributed by atoms with Crippen LogP contribution in [0.3, 0.4) is 0 Å². The molecule has 1 N–H and O–H groups in total. The Morgan fingerprint density at radius 2 is 2.15 bits per heavy atom. The molecule has 0 saturated carbocycles. The van der Waals surface area contributed by atoms with Crippen molar-refractivity contribution >= 4 is 11.6 Å². The first-order valence-electron chi connectivity index (χ1n) is 4.55. The molecule has 0 saturated heterocycles. The largest absolute Gasteiger partial charge is 0.319 e. The van der Waals surface area contributed by atoms with Gasteiger partial charge < -0.3 is 5.32 Å². The lowest BCUT2D eigenvalue weighted by molar-refractivity contribution is 0.678. The average Bonchev–Trinajstić information content (AvgIpc) is 2.10. The fourth-order valence-corrected chi connectivity index (χ4v) is 1.53. The monoisotopic (exact) mass is 197 g/mol. The smallest absolute Gasteiger partial charge is 0.0438 e. The van der Waals surface area contributed by atoms with Gasteiger partial charge in [0.05, 0.1) is 0 Å². The van der Waals surface area contributed by atoms with Crippen LogP contribution in [0.4, 0.5) is 0 Å². The van der Waals surface area contributed by atoms with Gasteiger partial charge in [-0.2, -0.15) is 0 Å². The van der Waals surface area contributed by atoms with Crippen molar-refractivity contribution in [1.29, 1.82) is 0 Å². The zero-order chi connectivity index (χ0) is 9.84. The Labute approximate surface area is 85.1 Å². The molecule has 0 heterocycles. The van der Waals surface area contributed by atoms with Gasteiger partial charge in [0.25, 0.3) is 0 Å². The Kier molecular flexibility index (Phi) is 3.76. The lowest BCUT2D eigenvalue weighted by atomic mass is 10.0. The number of hydrogen-bond donors (Lipinski definition) is 1. The zero-order valence-corrected chi connectivity index (χ0v) is 9.15. The van der Waals surface area contributed by atoms with Crippen molar-refractivity contribution in [3.63, 3.8) is 0 Å². The highest BCUT2D eigenvalue weighted by Gasteiger charge is 2.05. The molecule has 1 atom stereocenters. The predicted molar refractivity (Wildman–Crippen MR) is 58.5 cm³/mol. The molecule has 1 aromatic carbocycles. The fraction of sp³-hybridized carbons (Fsp3) is 0.455. The molecular formula is C11H16ClN. The predicted octanol–water partition coefficient (Wildman–Crippen LogP) is 2.97. The zero-order valence-electron chi connectivity index (χ0n) is 8.39. The molecule has 0 amide bonds. The van der Waals surface area contributed by atoms with Gasteiger partial charge in [-0.15, -0.1) is 0 Å². The van der Waals surface area contributed by atoms with Crippen LogP contribution in [0.1, 0.15) is 24.0 Å². The van der Waals surface area contributed by atoms with Crippen molar-refractivity contribution < 1.29 is 0 Å². The second kappa shape index (κ2) is 4.64. The number of nitrogens with one attached hydrogen (secondary N) is 1. The van der Waals surface area contributed by atoms with E-state index in [-0.39, 0.29) is 0 Å². The molecule has 0 fully saturated rings. The van der Waals surface area contributed by atoms with Crippen LogP contribution < -0.4 is 5.32 Å². The molecule has 13 heavy (non-hydrogen) atoms. The van der Waals surface area contributed by atoms with Crippen molar-refractivity contribution in [1.82, 2.24) is 5.32 Å². The molecule has 0 spiro atoms. The molecule has 1 nitrogen and oxygen atoms in total. The lowest BCUT2D eigenvalue weighted by Crippen LogP contribution is -2.14. The van der Waals surface area contributed by atoms with Crippen LogP contribution in [0, 0.1) is 6.92 Å². The van der Waals surface area contributed by atoms with Crippen molar-refractivity contribution in [2.75, 3.05) is 13.6 Å². The van der Waals surface area contributed by atoms with Gasteiger partial charge in [0.1, 0.15) is 0 Å². The first-order chi connectivity index (χ1) is 6.15. The molecule has 1 aromatic rings. The molecule has 0 aromatic heterocycles. The van der Waals surface area contributed by atoms with Gasteiger partial charge in [-0.25, -0.2) is 0 Å². The second-order valence-corrected chi connectivity index (χ2v) is 3.87. The molecular weight excluding hydrogens is 182 g/mol. The summed E-state index contributed by atoms with van der Waals surface area (Å²) in [5, 5.41) is 4.02. The van der Waals surface area contributed by atoms with Gasteiger partial charge in [0.15, 0.2) is 0 Å². The molecule has 2 heteroatoms. The topological polar surface area (TPSA) is 12.0 Å². The Morgan fingerprint density at radius 3 is 2.69 bits per heavy atom. The molecule has 1 unspecified atom stereocenters. The van der Waals surface area contributed by atoms with Crippen molar-refractivity contribution in [2.45, 2.75) is 19.8 Å². The third kappa shape index (κ3) is 2.71. The lowest BCUT2D eigenvalue weighted by Gasteiger charge is -2.11. The summed E-state index contributed by atoms with van der Waals surface area (Å²) in [6.07, 6.45) is 0. The SMILES string of the molecule is CNCC(C)c1ccc(C)c(Cl)c1. The second-order valence-electron chi connectivity index (χ2n) is 3.47. The van der Waals surface area contributed by atoms with Crippen LogP contribution in [-0.4, -0.2) is 13.6 Å². The highest BCUT2D eigenvalue weighted by molar-refractivity contribution is 6.31. The summed E-state index contributed by atoms with van der Waals surface area (Å²) in [4.78, 5) is 0. The Morgan fingerprint density at radius 1 is 1.46 bits per heavy atom. The van der Waals surface area contributed by atoms with Gasteiger partial charge in [-0.1, -0.05) is 30.7 Å². The van der Waals surface area contributed by atoms with E-state index in [0.717, 1.165) is 17.1 Å². The third-order valence-electron chi connectivity index (χ3n) is 2.28. The number of aryl methyl sites for hydroxylation is 1. The Balaban J connectivity index is 2.84. The minimum absolute atomic E-state index is 0.517. The first-order valence-corrected chi connectivity index (χ1v) is 4.93. The number of likely N-dealkylation sites (N-methyl/N-ethyl adjacent to an activating group) is 1. The highest BCUT2D eigenvalue weighted by atomic mass is 35.5. The number of halogens is 1. The van der Waals surface area contributed by atoms with Crippen LogP contribution >= 0.6 is 11.6 Å². The van der Waals surface area contributed by atoms with E-state index >= 15 is 0 Å². The van der Waals surface area contributed by atoms with Gasteiger partial charge in [0, 0.05) is 11.6 Å². The van der Waals surface area contributed by atoms with E-state index in [2.05, 4.69) is 30.4 Å². The first kappa shape index (κ1) is 10.6. The summed E-state index contributed by atoms with van der Waals surface area (Å²) < 4.78 is 0. The summed E-state index contributed by atoms with van der Waals surface area (Å²) >= 11 is 6.04. The van der Waals surface area contributed by atoms with E-state index in [1.54, 1.807) is 0 Å². The number of benzene rings is 1. The standard InChI is InChI=1S/C11H16ClN/c1-8-4-5-10(6-11(8)12)9(2)7-13-3/h4-6,9,13H,7H2,1-3H3. The van der Waals surface area contributed by atoms with Gasteiger partial charge >= 0.3 is 0 Å². The molecule has 0 aliphatic carbocycles. The van der Waals surface area contributed by atoms with Crippen LogP contribution in [0.2, 0.25) is 5.02 Å². The molecule has 0 bridgehead atoms. The van der Waals surface area contributed by atoms with Crippen molar-refractivity contribution in [3.05, 3.63) is 34.3 Å². The maximum Gasteiger partial charge on any atom is 0.0438 e. The van der Waals surface area contributed by atoms with Gasteiger partial charge in [0.2, 0.25) is 0 Å². The van der Waals surface area contributed by atoms with Crippen LogP contribution in [0.25, 0.3) is 0 Å². The van der Waals surface area contributed by atoms with E-state index in [4.69, 9.17) is 11.6 Å². The Hall–Kier alpha value is -0.530. The highest BCUT2D eigenvalue weighted by Crippen LogP contribution is 2.21.